The third-order valence-electron chi connectivity index (χ3n) is 10.6. The van der Waals surface area contributed by atoms with E-state index in [0.717, 1.165) is 65.5 Å². The number of ketones is 1. The topological polar surface area (TPSA) is 127 Å². The highest BCUT2D eigenvalue weighted by Crippen LogP contribution is 2.35. The van der Waals surface area contributed by atoms with Gasteiger partial charge in [-0.15, -0.1) is 0 Å². The molecule has 0 amide bonds. The average molecular weight is 775 g/mol. The standard InChI is InChI=1S/C23H32O5.C23H30O5/c2*1-14-12-15(2)20-17(13-14)9-7-11-19-21(28-23(4,5)27-19)18(24)10-6-8-16(3)26-22(20)25/h6,10,12-13,16,18-19,21,24H,7-9,11H2,1-5H3;6,10,12-13,16,19,21H,7-9,11H2,1-5H3/b2*10-6-/t16?,18?,19-,21?;16?,19-,21?/m00/s1. The van der Waals surface area contributed by atoms with Crippen LogP contribution < -0.4 is 0 Å². The molecule has 6 rings (SSSR count). The lowest BCUT2D eigenvalue weighted by atomic mass is 9.93. The molecule has 306 valence electrons. The molecular formula is C46H62O10. The van der Waals surface area contributed by atoms with Crippen LogP contribution in [0.1, 0.15) is 134 Å². The van der Waals surface area contributed by atoms with Gasteiger partial charge in [0.2, 0.25) is 0 Å². The maximum atomic E-state index is 12.8. The number of hydrogen-bond acceptors (Lipinski definition) is 10. The molecule has 0 saturated carbocycles. The molecule has 4 heterocycles. The molecule has 10 heteroatoms. The van der Waals surface area contributed by atoms with Crippen LogP contribution in [-0.2, 0) is 46.1 Å². The number of carbonyl (C=O) groups excluding carboxylic acids is 3. The van der Waals surface area contributed by atoms with Gasteiger partial charge in [-0.2, -0.15) is 0 Å². The SMILES string of the molecule is Cc1cc(C)c2c(c1)CCC[C@@H]1OC(C)(C)OC1C(=O)/C=C\CC(C)OC2=O.Cc1cc(C)c2c(c1)CCC[C@@H]1OC(C)(C)OC1C(O)/C=C\CC(C)OC2=O. The number of carbonyl (C=O) groups is 3. The zero-order valence-corrected chi connectivity index (χ0v) is 34.9. The summed E-state index contributed by atoms with van der Waals surface area (Å²) in [6, 6.07) is 8.16. The van der Waals surface area contributed by atoms with Crippen molar-refractivity contribution < 1.29 is 47.9 Å². The molecule has 5 unspecified atom stereocenters. The van der Waals surface area contributed by atoms with E-state index in [0.29, 0.717) is 30.4 Å². The van der Waals surface area contributed by atoms with Crippen LogP contribution >= 0.6 is 0 Å². The molecule has 2 fully saturated rings. The van der Waals surface area contributed by atoms with Crippen LogP contribution in [-0.4, -0.2) is 77.1 Å². The molecule has 0 aliphatic carbocycles. The fourth-order valence-electron chi connectivity index (χ4n) is 8.31. The van der Waals surface area contributed by atoms with Gasteiger partial charge in [-0.25, -0.2) is 9.59 Å². The first-order valence-electron chi connectivity index (χ1n) is 20.2. The van der Waals surface area contributed by atoms with E-state index in [-0.39, 0.29) is 42.1 Å². The summed E-state index contributed by atoms with van der Waals surface area (Å²) in [5.74, 6) is -2.15. The lowest BCUT2D eigenvalue weighted by Gasteiger charge is -2.22. The van der Waals surface area contributed by atoms with Crippen LogP contribution in [0.25, 0.3) is 0 Å². The lowest BCUT2D eigenvalue weighted by Crippen LogP contribution is -2.34. The number of aliphatic hydroxyl groups excluding tert-OH is 1. The Hall–Kier alpha value is -3.67. The minimum Gasteiger partial charge on any atom is -0.459 e. The predicted octanol–water partition coefficient (Wildman–Crippen LogP) is 8.23. The van der Waals surface area contributed by atoms with Crippen LogP contribution in [0.3, 0.4) is 0 Å². The number of fused-ring (bicyclic) bond motifs is 4. The number of aliphatic hydroxyl groups is 1. The number of benzene rings is 2. The number of hydrogen-bond donors (Lipinski definition) is 1. The van der Waals surface area contributed by atoms with Crippen molar-refractivity contribution in [2.45, 2.75) is 175 Å². The Morgan fingerprint density at radius 3 is 1.68 bits per heavy atom. The summed E-state index contributed by atoms with van der Waals surface area (Å²) in [5, 5.41) is 10.6. The average Bonchev–Trinajstić information content (AvgIpc) is 3.56. The Kier molecular flexibility index (Phi) is 14.2. The van der Waals surface area contributed by atoms with Crippen molar-refractivity contribution in [2.24, 2.45) is 0 Å². The second-order valence-electron chi connectivity index (χ2n) is 16.9. The monoisotopic (exact) mass is 774 g/mol. The first-order valence-corrected chi connectivity index (χ1v) is 20.2. The molecule has 0 aromatic heterocycles. The van der Waals surface area contributed by atoms with Crippen molar-refractivity contribution in [1.29, 1.82) is 0 Å². The molecule has 7 atom stereocenters. The first-order chi connectivity index (χ1) is 26.3. The van der Waals surface area contributed by atoms with Gasteiger partial charge >= 0.3 is 11.9 Å². The molecule has 2 aromatic carbocycles. The molecule has 0 bridgehead atoms. The maximum absolute atomic E-state index is 12.8. The second kappa shape index (κ2) is 18.3. The van der Waals surface area contributed by atoms with Crippen LogP contribution in [0.5, 0.6) is 0 Å². The predicted molar refractivity (Wildman–Crippen MR) is 214 cm³/mol. The number of cyclic esters (lactones) is 2. The quantitative estimate of drug-likeness (QED) is 0.207. The first kappa shape index (κ1) is 43.5. The van der Waals surface area contributed by atoms with Crippen LogP contribution in [0, 0.1) is 27.7 Å². The highest BCUT2D eigenvalue weighted by Gasteiger charge is 2.45. The van der Waals surface area contributed by atoms with Crippen LogP contribution in [0.4, 0.5) is 0 Å². The number of esters is 2. The number of aryl methyl sites for hydroxylation is 6. The van der Waals surface area contributed by atoms with Gasteiger partial charge in [0.05, 0.1) is 23.3 Å². The second-order valence-corrected chi connectivity index (χ2v) is 16.9. The van der Waals surface area contributed by atoms with E-state index in [9.17, 15) is 19.5 Å². The summed E-state index contributed by atoms with van der Waals surface area (Å²) in [6.45, 7) is 19.1. The third-order valence-corrected chi connectivity index (χ3v) is 10.6. The van der Waals surface area contributed by atoms with Crippen LogP contribution in [0.2, 0.25) is 0 Å². The van der Waals surface area contributed by atoms with Crippen molar-refractivity contribution in [1.82, 2.24) is 0 Å². The van der Waals surface area contributed by atoms with Crippen molar-refractivity contribution in [3.05, 3.63) is 93.1 Å². The molecule has 0 radical (unpaired) electrons. The molecule has 1 N–H and O–H groups in total. The van der Waals surface area contributed by atoms with Gasteiger partial charge in [0, 0.05) is 12.8 Å². The van der Waals surface area contributed by atoms with Gasteiger partial charge in [0.25, 0.3) is 0 Å². The molecule has 4 aliphatic heterocycles. The summed E-state index contributed by atoms with van der Waals surface area (Å²) in [5.41, 5.74) is 7.48. The van der Waals surface area contributed by atoms with Gasteiger partial charge in [-0.1, -0.05) is 53.6 Å². The highest BCUT2D eigenvalue weighted by atomic mass is 16.8. The third kappa shape index (κ3) is 11.3. The van der Waals surface area contributed by atoms with E-state index in [2.05, 4.69) is 12.1 Å². The Bertz CT molecular complexity index is 1800. The maximum Gasteiger partial charge on any atom is 0.338 e. The van der Waals surface area contributed by atoms with Gasteiger partial charge in [-0.3, -0.25) is 4.79 Å². The Morgan fingerprint density at radius 1 is 0.643 bits per heavy atom. The minimum absolute atomic E-state index is 0.0988. The van der Waals surface area contributed by atoms with E-state index < -0.39 is 29.9 Å². The largest absolute Gasteiger partial charge is 0.459 e. The van der Waals surface area contributed by atoms with Crippen LogP contribution in [0.15, 0.2) is 48.6 Å². The minimum atomic E-state index is -0.774. The van der Waals surface area contributed by atoms with E-state index in [1.54, 1.807) is 12.2 Å². The fraction of sp³-hybridized carbons (Fsp3) is 0.587. The summed E-state index contributed by atoms with van der Waals surface area (Å²) < 4.78 is 35.2. The summed E-state index contributed by atoms with van der Waals surface area (Å²) in [6.07, 6.45) is 9.57. The Balaban J connectivity index is 0.000000214. The Morgan fingerprint density at radius 2 is 1.12 bits per heavy atom. The van der Waals surface area contributed by atoms with Gasteiger partial charge in [0.15, 0.2) is 17.4 Å². The van der Waals surface area contributed by atoms with Crippen molar-refractivity contribution >= 4 is 17.7 Å². The van der Waals surface area contributed by atoms with Crippen molar-refractivity contribution in [3.8, 4) is 0 Å². The highest BCUT2D eigenvalue weighted by molar-refractivity contribution is 5.95. The number of rotatable bonds is 0. The van der Waals surface area contributed by atoms with E-state index in [1.807, 2.05) is 87.4 Å². The Labute approximate surface area is 332 Å². The van der Waals surface area contributed by atoms with E-state index in [4.69, 9.17) is 28.4 Å². The summed E-state index contributed by atoms with van der Waals surface area (Å²) >= 11 is 0. The smallest absolute Gasteiger partial charge is 0.338 e. The molecule has 2 aromatic rings. The number of ether oxygens (including phenoxy) is 6. The lowest BCUT2D eigenvalue weighted by molar-refractivity contribution is -0.153. The molecule has 10 nitrogen and oxygen atoms in total. The van der Waals surface area contributed by atoms with Crippen molar-refractivity contribution in [3.63, 3.8) is 0 Å². The van der Waals surface area contributed by atoms with Crippen molar-refractivity contribution in [2.75, 3.05) is 0 Å². The normalized spacial score (nSPS) is 30.7. The molecule has 2 saturated heterocycles. The van der Waals surface area contributed by atoms with Gasteiger partial charge < -0.3 is 33.5 Å². The zero-order chi connectivity index (χ0) is 40.9. The zero-order valence-electron chi connectivity index (χ0n) is 34.9. The molecular weight excluding hydrogens is 712 g/mol. The summed E-state index contributed by atoms with van der Waals surface area (Å²) in [7, 11) is 0. The fourth-order valence-corrected chi connectivity index (χ4v) is 8.31. The molecule has 0 spiro atoms. The van der Waals surface area contributed by atoms with E-state index in [1.165, 1.54) is 6.08 Å². The molecule has 56 heavy (non-hydrogen) atoms. The molecule has 4 aliphatic rings. The summed E-state index contributed by atoms with van der Waals surface area (Å²) in [4.78, 5) is 38.2. The van der Waals surface area contributed by atoms with E-state index >= 15 is 0 Å². The van der Waals surface area contributed by atoms with Gasteiger partial charge in [0.1, 0.15) is 30.5 Å². The van der Waals surface area contributed by atoms with Gasteiger partial charge in [-0.05, 0) is 136 Å².